The average molecular weight is 605 g/mol. The molecule has 0 aliphatic carbocycles. The SMILES string of the molecule is CSc1cnc(OCCOc2ncnc(NS(=O)(=O)N(C)c3ccccn3)c2-c2ccc(Br)cc2)nc1. The Morgan fingerprint density at radius 3 is 2.38 bits per heavy atom. The van der Waals surface area contributed by atoms with Crippen LogP contribution in [0.3, 0.4) is 0 Å². The predicted molar refractivity (Wildman–Crippen MR) is 145 cm³/mol. The van der Waals surface area contributed by atoms with E-state index >= 15 is 0 Å². The van der Waals surface area contributed by atoms with Gasteiger partial charge in [0.15, 0.2) is 5.82 Å². The second-order valence-electron chi connectivity index (χ2n) is 7.27. The topological polar surface area (TPSA) is 132 Å². The van der Waals surface area contributed by atoms with Crippen LogP contribution in [0.4, 0.5) is 11.6 Å². The summed E-state index contributed by atoms with van der Waals surface area (Å²) >= 11 is 4.95. The van der Waals surface area contributed by atoms with Crippen molar-refractivity contribution < 1.29 is 17.9 Å². The number of hydrogen-bond acceptors (Lipinski definition) is 10. The van der Waals surface area contributed by atoms with Gasteiger partial charge in [0.1, 0.15) is 25.4 Å². The molecule has 0 bridgehead atoms. The van der Waals surface area contributed by atoms with Gasteiger partial charge in [0, 0.05) is 35.0 Å². The van der Waals surface area contributed by atoms with Crippen LogP contribution in [0.25, 0.3) is 11.1 Å². The molecule has 192 valence electrons. The van der Waals surface area contributed by atoms with Crippen LogP contribution in [0.2, 0.25) is 0 Å². The second-order valence-corrected chi connectivity index (χ2v) is 10.8. The number of rotatable bonds is 11. The number of pyridine rings is 1. The van der Waals surface area contributed by atoms with Crippen molar-refractivity contribution in [1.29, 1.82) is 0 Å². The molecule has 4 aromatic rings. The lowest BCUT2D eigenvalue weighted by Crippen LogP contribution is -2.33. The van der Waals surface area contributed by atoms with Gasteiger partial charge in [-0.3, -0.25) is 0 Å². The van der Waals surface area contributed by atoms with Crippen molar-refractivity contribution in [2.75, 3.05) is 35.5 Å². The molecule has 4 rings (SSSR count). The van der Waals surface area contributed by atoms with Crippen molar-refractivity contribution in [2.45, 2.75) is 4.90 Å². The fourth-order valence-corrected chi connectivity index (χ4v) is 4.51. The van der Waals surface area contributed by atoms with Crippen molar-refractivity contribution in [2.24, 2.45) is 0 Å². The molecule has 0 aliphatic heterocycles. The Balaban J connectivity index is 1.56. The van der Waals surface area contributed by atoms with E-state index in [4.69, 9.17) is 9.47 Å². The first-order chi connectivity index (χ1) is 17.9. The van der Waals surface area contributed by atoms with E-state index in [1.165, 1.54) is 31.3 Å². The Morgan fingerprint density at radius 1 is 0.973 bits per heavy atom. The maximum absolute atomic E-state index is 13.1. The fraction of sp³-hybridized carbons (Fsp3) is 0.174. The highest BCUT2D eigenvalue weighted by molar-refractivity contribution is 9.10. The van der Waals surface area contributed by atoms with E-state index in [1.807, 2.05) is 18.4 Å². The minimum Gasteiger partial charge on any atom is -0.473 e. The number of hydrogen-bond donors (Lipinski definition) is 1. The van der Waals surface area contributed by atoms with Gasteiger partial charge in [0.2, 0.25) is 5.88 Å². The van der Waals surface area contributed by atoms with Gasteiger partial charge in [0.05, 0.1) is 5.56 Å². The van der Waals surface area contributed by atoms with E-state index in [-0.39, 0.29) is 36.7 Å². The number of benzene rings is 1. The molecule has 0 unspecified atom stereocenters. The van der Waals surface area contributed by atoms with Crippen molar-refractivity contribution in [3.05, 3.63) is 71.9 Å². The lowest BCUT2D eigenvalue weighted by molar-refractivity contribution is 0.201. The number of thioether (sulfide) groups is 1. The molecular formula is C23H22BrN7O4S2. The molecule has 0 radical (unpaired) electrons. The van der Waals surface area contributed by atoms with Gasteiger partial charge < -0.3 is 9.47 Å². The molecule has 1 N–H and O–H groups in total. The maximum atomic E-state index is 13.1. The Labute approximate surface area is 227 Å². The molecular weight excluding hydrogens is 582 g/mol. The van der Waals surface area contributed by atoms with Crippen LogP contribution in [0.15, 0.2) is 76.8 Å². The monoisotopic (exact) mass is 603 g/mol. The molecule has 11 nitrogen and oxygen atoms in total. The summed E-state index contributed by atoms with van der Waals surface area (Å²) in [5, 5.41) is 0. The molecule has 0 saturated carbocycles. The number of nitrogens with zero attached hydrogens (tertiary/aromatic N) is 6. The largest absolute Gasteiger partial charge is 0.473 e. The van der Waals surface area contributed by atoms with Gasteiger partial charge in [-0.2, -0.15) is 8.42 Å². The third-order valence-corrected chi connectivity index (χ3v) is 7.47. The molecule has 3 heterocycles. The summed E-state index contributed by atoms with van der Waals surface area (Å²) in [6.45, 7) is 0.250. The fourth-order valence-electron chi connectivity index (χ4n) is 3.04. The standard InChI is InChI=1S/C23H22BrN7O4S2/c1-31(19-5-3-4-10-25-19)37(32,33)30-21-20(16-6-8-17(24)9-7-16)22(29-15-28-21)34-11-12-35-23-26-13-18(36-2)14-27-23/h3-10,13-15H,11-12H2,1-2H3,(H,28,29,30). The third kappa shape index (κ3) is 6.84. The first-order valence-electron chi connectivity index (χ1n) is 10.8. The highest BCUT2D eigenvalue weighted by Crippen LogP contribution is 2.35. The zero-order valence-electron chi connectivity index (χ0n) is 19.8. The molecule has 37 heavy (non-hydrogen) atoms. The molecule has 0 saturated heterocycles. The predicted octanol–water partition coefficient (Wildman–Crippen LogP) is 4.06. The zero-order chi connectivity index (χ0) is 26.3. The summed E-state index contributed by atoms with van der Waals surface area (Å²) in [4.78, 5) is 21.7. The molecule has 0 spiro atoms. The van der Waals surface area contributed by atoms with Gasteiger partial charge in [-0.1, -0.05) is 34.1 Å². The normalized spacial score (nSPS) is 11.1. The number of anilines is 2. The van der Waals surface area contributed by atoms with Crippen molar-refractivity contribution >= 4 is 49.5 Å². The number of nitrogens with one attached hydrogen (secondary N) is 1. The zero-order valence-corrected chi connectivity index (χ0v) is 23.0. The molecule has 14 heteroatoms. The Morgan fingerprint density at radius 2 is 1.70 bits per heavy atom. The number of ether oxygens (including phenoxy) is 2. The summed E-state index contributed by atoms with van der Waals surface area (Å²) in [6.07, 6.45) is 8.01. The van der Waals surface area contributed by atoms with Gasteiger partial charge >= 0.3 is 16.2 Å². The van der Waals surface area contributed by atoms with Crippen LogP contribution >= 0.6 is 27.7 Å². The van der Waals surface area contributed by atoms with Crippen LogP contribution in [0, 0.1) is 0 Å². The van der Waals surface area contributed by atoms with Crippen molar-refractivity contribution in [3.63, 3.8) is 0 Å². The highest BCUT2D eigenvalue weighted by Gasteiger charge is 2.24. The first kappa shape index (κ1) is 26.6. The maximum Gasteiger partial charge on any atom is 0.326 e. The Hall–Kier alpha value is -3.49. The molecule has 0 aliphatic rings. The van der Waals surface area contributed by atoms with Gasteiger partial charge in [-0.15, -0.1) is 11.8 Å². The van der Waals surface area contributed by atoms with E-state index in [0.29, 0.717) is 11.1 Å². The van der Waals surface area contributed by atoms with E-state index in [0.717, 1.165) is 13.7 Å². The quantitative estimate of drug-likeness (QED) is 0.197. The molecule has 1 aromatic carbocycles. The number of aromatic nitrogens is 5. The van der Waals surface area contributed by atoms with Crippen LogP contribution in [0.1, 0.15) is 0 Å². The summed E-state index contributed by atoms with van der Waals surface area (Å²) in [7, 11) is -2.67. The highest BCUT2D eigenvalue weighted by atomic mass is 79.9. The van der Waals surface area contributed by atoms with Gasteiger partial charge in [-0.05, 0) is 36.1 Å². The molecule has 3 aromatic heterocycles. The number of halogens is 1. The van der Waals surface area contributed by atoms with E-state index in [2.05, 4.69) is 45.6 Å². The van der Waals surface area contributed by atoms with Gasteiger partial charge in [0.25, 0.3) is 0 Å². The van der Waals surface area contributed by atoms with Crippen LogP contribution < -0.4 is 18.5 Å². The molecule has 0 fully saturated rings. The smallest absolute Gasteiger partial charge is 0.326 e. The van der Waals surface area contributed by atoms with E-state index in [1.54, 1.807) is 42.7 Å². The third-order valence-electron chi connectivity index (χ3n) is 4.90. The Bertz CT molecular complexity index is 1430. The minimum absolute atomic E-state index is 0.0482. The minimum atomic E-state index is -4.07. The van der Waals surface area contributed by atoms with E-state index in [9.17, 15) is 8.42 Å². The molecule has 0 amide bonds. The first-order valence-corrected chi connectivity index (χ1v) is 14.2. The lowest BCUT2D eigenvalue weighted by Gasteiger charge is -2.20. The lowest BCUT2D eigenvalue weighted by atomic mass is 10.1. The summed E-state index contributed by atoms with van der Waals surface area (Å²) in [5.41, 5.74) is 1.02. The second kappa shape index (κ2) is 12.2. The summed E-state index contributed by atoms with van der Waals surface area (Å²) in [6, 6.07) is 12.5. The summed E-state index contributed by atoms with van der Waals surface area (Å²) < 4.78 is 42.1. The van der Waals surface area contributed by atoms with E-state index < -0.39 is 10.2 Å². The van der Waals surface area contributed by atoms with Crippen molar-refractivity contribution in [3.8, 4) is 23.0 Å². The Kier molecular flexibility index (Phi) is 8.74. The average Bonchev–Trinajstić information content (AvgIpc) is 2.92. The summed E-state index contributed by atoms with van der Waals surface area (Å²) in [5.74, 6) is 0.473. The van der Waals surface area contributed by atoms with Crippen LogP contribution in [-0.2, 0) is 10.2 Å². The van der Waals surface area contributed by atoms with Crippen molar-refractivity contribution in [1.82, 2.24) is 24.9 Å². The van der Waals surface area contributed by atoms with Crippen LogP contribution in [0.5, 0.6) is 11.9 Å². The molecule has 0 atom stereocenters. The van der Waals surface area contributed by atoms with Gasteiger partial charge in [-0.25, -0.2) is 33.9 Å². The van der Waals surface area contributed by atoms with Crippen LogP contribution in [-0.4, -0.2) is 59.9 Å².